The summed E-state index contributed by atoms with van der Waals surface area (Å²) in [6.07, 6.45) is -1.50. The lowest BCUT2D eigenvalue weighted by atomic mass is 10.1. The molecule has 0 bridgehead atoms. The lowest BCUT2D eigenvalue weighted by Crippen LogP contribution is -2.15. The molecule has 144 valence electrons. The SMILES string of the molecule is O=C(Nc1ccc(C(F)(F)F)c(F)c1)c1ccccc1NCc1ccncc1. The lowest BCUT2D eigenvalue weighted by molar-refractivity contribution is -0.139. The van der Waals surface area contributed by atoms with E-state index in [2.05, 4.69) is 15.6 Å². The van der Waals surface area contributed by atoms with Crippen LogP contribution < -0.4 is 10.6 Å². The highest BCUT2D eigenvalue weighted by atomic mass is 19.4. The first kappa shape index (κ1) is 19.3. The monoisotopic (exact) mass is 389 g/mol. The standard InChI is InChI=1S/C20H15F4N3O/c21-17-11-14(5-6-16(17)20(22,23)24)27-19(28)15-3-1-2-4-18(15)26-12-13-7-9-25-10-8-13/h1-11,26H,12H2,(H,27,28). The molecular formula is C20H15F4N3O. The topological polar surface area (TPSA) is 54.0 Å². The van der Waals surface area contributed by atoms with Crippen LogP contribution in [0.3, 0.4) is 0 Å². The van der Waals surface area contributed by atoms with Crippen LogP contribution in [0.25, 0.3) is 0 Å². The summed E-state index contributed by atoms with van der Waals surface area (Å²) in [5, 5.41) is 5.55. The fraction of sp³-hybridized carbons (Fsp3) is 0.100. The number of pyridine rings is 1. The number of alkyl halides is 3. The van der Waals surface area contributed by atoms with Crippen LogP contribution in [0.15, 0.2) is 67.0 Å². The van der Waals surface area contributed by atoms with E-state index < -0.39 is 23.5 Å². The highest BCUT2D eigenvalue weighted by Gasteiger charge is 2.34. The number of hydrogen-bond acceptors (Lipinski definition) is 3. The van der Waals surface area contributed by atoms with Gasteiger partial charge in [-0.15, -0.1) is 0 Å². The van der Waals surface area contributed by atoms with E-state index in [-0.39, 0.29) is 11.3 Å². The fourth-order valence-electron chi connectivity index (χ4n) is 2.55. The molecule has 0 aliphatic heterocycles. The Morgan fingerprint density at radius 3 is 2.39 bits per heavy atom. The van der Waals surface area contributed by atoms with Crippen LogP contribution in [-0.2, 0) is 12.7 Å². The number of para-hydroxylation sites is 1. The van der Waals surface area contributed by atoms with E-state index in [0.717, 1.165) is 11.6 Å². The van der Waals surface area contributed by atoms with Crippen LogP contribution in [0.1, 0.15) is 21.5 Å². The van der Waals surface area contributed by atoms with Crippen LogP contribution in [0, 0.1) is 5.82 Å². The van der Waals surface area contributed by atoms with E-state index in [0.29, 0.717) is 24.4 Å². The Labute approximate surface area is 158 Å². The number of carbonyl (C=O) groups excluding carboxylic acids is 1. The summed E-state index contributed by atoms with van der Waals surface area (Å²) in [5.41, 5.74) is 0.306. The zero-order valence-corrected chi connectivity index (χ0v) is 14.4. The molecule has 0 spiro atoms. The normalized spacial score (nSPS) is 11.1. The second-order valence-corrected chi connectivity index (χ2v) is 5.90. The largest absolute Gasteiger partial charge is 0.419 e. The van der Waals surface area contributed by atoms with Crippen molar-refractivity contribution in [1.29, 1.82) is 0 Å². The van der Waals surface area contributed by atoms with E-state index in [1.54, 1.807) is 36.7 Å². The Hall–Kier alpha value is -3.42. The van der Waals surface area contributed by atoms with Gasteiger partial charge in [0.15, 0.2) is 0 Å². The molecule has 3 rings (SSSR count). The molecule has 0 saturated heterocycles. The minimum absolute atomic E-state index is 0.0700. The van der Waals surface area contributed by atoms with Gasteiger partial charge in [-0.05, 0) is 48.0 Å². The molecule has 0 aliphatic carbocycles. The number of rotatable bonds is 5. The molecule has 28 heavy (non-hydrogen) atoms. The van der Waals surface area contributed by atoms with Gasteiger partial charge >= 0.3 is 6.18 Å². The zero-order valence-electron chi connectivity index (χ0n) is 14.4. The molecule has 2 aromatic carbocycles. The van der Waals surface area contributed by atoms with E-state index in [4.69, 9.17) is 0 Å². The predicted molar refractivity (Wildman–Crippen MR) is 97.4 cm³/mol. The highest BCUT2D eigenvalue weighted by molar-refractivity contribution is 6.08. The summed E-state index contributed by atoms with van der Waals surface area (Å²) in [7, 11) is 0. The molecule has 0 saturated carbocycles. The van der Waals surface area contributed by atoms with Gasteiger partial charge in [0.05, 0.1) is 11.1 Å². The molecule has 4 nitrogen and oxygen atoms in total. The van der Waals surface area contributed by atoms with Crippen LogP contribution in [0.2, 0.25) is 0 Å². The Balaban J connectivity index is 1.75. The zero-order chi connectivity index (χ0) is 20.1. The molecule has 2 N–H and O–H groups in total. The van der Waals surface area contributed by atoms with Gasteiger partial charge in [-0.1, -0.05) is 12.1 Å². The van der Waals surface area contributed by atoms with Gasteiger partial charge in [0.25, 0.3) is 5.91 Å². The van der Waals surface area contributed by atoms with Gasteiger partial charge in [0.2, 0.25) is 0 Å². The number of benzene rings is 2. The molecule has 3 aromatic rings. The Morgan fingerprint density at radius 2 is 1.71 bits per heavy atom. The van der Waals surface area contributed by atoms with Crippen molar-refractivity contribution in [2.45, 2.75) is 12.7 Å². The summed E-state index contributed by atoms with van der Waals surface area (Å²) in [5.74, 6) is -2.02. The Morgan fingerprint density at radius 1 is 1.00 bits per heavy atom. The second-order valence-electron chi connectivity index (χ2n) is 5.90. The lowest BCUT2D eigenvalue weighted by Gasteiger charge is -2.13. The summed E-state index contributed by atoms with van der Waals surface area (Å²) in [6, 6.07) is 12.5. The summed E-state index contributed by atoms with van der Waals surface area (Å²) in [6.45, 7) is 0.446. The van der Waals surface area contributed by atoms with E-state index in [1.165, 1.54) is 0 Å². The number of amides is 1. The molecule has 0 fully saturated rings. The fourth-order valence-corrected chi connectivity index (χ4v) is 2.55. The number of nitrogens with zero attached hydrogens (tertiary/aromatic N) is 1. The minimum Gasteiger partial charge on any atom is -0.380 e. The van der Waals surface area contributed by atoms with Gasteiger partial charge in [0.1, 0.15) is 5.82 Å². The van der Waals surface area contributed by atoms with Gasteiger partial charge in [-0.2, -0.15) is 13.2 Å². The van der Waals surface area contributed by atoms with Crippen LogP contribution in [0.4, 0.5) is 28.9 Å². The number of aromatic nitrogens is 1. The maximum atomic E-state index is 13.7. The number of carbonyl (C=O) groups is 1. The smallest absolute Gasteiger partial charge is 0.380 e. The van der Waals surface area contributed by atoms with Crippen molar-refractivity contribution in [3.8, 4) is 0 Å². The van der Waals surface area contributed by atoms with Crippen molar-refractivity contribution in [2.24, 2.45) is 0 Å². The third-order valence-corrected chi connectivity index (χ3v) is 3.94. The minimum atomic E-state index is -4.80. The Kier molecular flexibility index (Phi) is 5.58. The summed E-state index contributed by atoms with van der Waals surface area (Å²) >= 11 is 0. The number of anilines is 2. The van der Waals surface area contributed by atoms with Crippen LogP contribution in [0.5, 0.6) is 0 Å². The first-order valence-corrected chi connectivity index (χ1v) is 8.24. The van der Waals surface area contributed by atoms with Gasteiger partial charge in [0, 0.05) is 30.3 Å². The average Bonchev–Trinajstić information content (AvgIpc) is 2.66. The number of halogens is 4. The highest BCUT2D eigenvalue weighted by Crippen LogP contribution is 2.32. The number of nitrogens with one attached hydrogen (secondary N) is 2. The molecular weight excluding hydrogens is 374 g/mol. The third-order valence-electron chi connectivity index (χ3n) is 3.94. The van der Waals surface area contributed by atoms with Crippen LogP contribution in [-0.4, -0.2) is 10.9 Å². The van der Waals surface area contributed by atoms with E-state index >= 15 is 0 Å². The molecule has 8 heteroatoms. The van der Waals surface area contributed by atoms with Gasteiger partial charge in [-0.3, -0.25) is 9.78 Å². The molecule has 1 aromatic heterocycles. The van der Waals surface area contributed by atoms with Crippen molar-refractivity contribution in [3.05, 3.63) is 89.5 Å². The van der Waals surface area contributed by atoms with Crippen molar-refractivity contribution in [3.63, 3.8) is 0 Å². The van der Waals surface area contributed by atoms with Crippen molar-refractivity contribution in [1.82, 2.24) is 4.98 Å². The maximum absolute atomic E-state index is 13.7. The molecule has 0 radical (unpaired) electrons. The second kappa shape index (κ2) is 8.08. The molecule has 0 aliphatic rings. The number of hydrogen-bond donors (Lipinski definition) is 2. The first-order valence-electron chi connectivity index (χ1n) is 8.24. The predicted octanol–water partition coefficient (Wildman–Crippen LogP) is 5.10. The molecule has 0 atom stereocenters. The molecule has 1 heterocycles. The van der Waals surface area contributed by atoms with Gasteiger partial charge in [-0.25, -0.2) is 4.39 Å². The maximum Gasteiger partial charge on any atom is 0.419 e. The average molecular weight is 389 g/mol. The van der Waals surface area contributed by atoms with Crippen molar-refractivity contribution < 1.29 is 22.4 Å². The van der Waals surface area contributed by atoms with Gasteiger partial charge < -0.3 is 10.6 Å². The third kappa shape index (κ3) is 4.64. The summed E-state index contributed by atoms with van der Waals surface area (Å²) < 4.78 is 51.6. The molecule has 0 unspecified atom stereocenters. The van der Waals surface area contributed by atoms with E-state index in [9.17, 15) is 22.4 Å². The summed E-state index contributed by atoms with van der Waals surface area (Å²) in [4.78, 5) is 16.5. The van der Waals surface area contributed by atoms with Crippen molar-refractivity contribution in [2.75, 3.05) is 10.6 Å². The molecule has 1 amide bonds. The Bertz CT molecular complexity index is 975. The van der Waals surface area contributed by atoms with Crippen LogP contribution >= 0.6 is 0 Å². The van der Waals surface area contributed by atoms with Crippen molar-refractivity contribution >= 4 is 17.3 Å². The quantitative estimate of drug-likeness (QED) is 0.597. The van der Waals surface area contributed by atoms with E-state index in [1.807, 2.05) is 12.1 Å². The first-order chi connectivity index (χ1) is 13.3.